The molecular weight excluding hydrogens is 222 g/mol. The van der Waals surface area contributed by atoms with Gasteiger partial charge in [0.25, 0.3) is 0 Å². The Bertz CT molecular complexity index is 455. The lowest BCUT2D eigenvalue weighted by molar-refractivity contribution is 0.0485. The fourth-order valence-corrected chi connectivity index (χ4v) is 1.49. The van der Waals surface area contributed by atoms with E-state index in [1.807, 2.05) is 26.0 Å². The first-order valence-corrected chi connectivity index (χ1v) is 5.61. The van der Waals surface area contributed by atoms with Gasteiger partial charge >= 0.3 is 11.7 Å². The van der Waals surface area contributed by atoms with Crippen LogP contribution in [-0.2, 0) is 4.74 Å². The van der Waals surface area contributed by atoms with E-state index < -0.39 is 11.7 Å². The maximum atomic E-state index is 11.6. The molecule has 0 aromatic carbocycles. The average Bonchev–Trinajstić information content (AvgIpc) is 2.68. The van der Waals surface area contributed by atoms with Gasteiger partial charge in [-0.2, -0.15) is 0 Å². The van der Waals surface area contributed by atoms with Crippen LogP contribution in [0.1, 0.15) is 49.4 Å². The second-order valence-electron chi connectivity index (χ2n) is 3.68. The minimum absolute atomic E-state index is 0.00273. The van der Waals surface area contributed by atoms with Crippen molar-refractivity contribution in [2.75, 3.05) is 6.61 Å². The fourth-order valence-electron chi connectivity index (χ4n) is 1.49. The molecular formula is C12H17NO4. The van der Waals surface area contributed by atoms with Gasteiger partial charge in [0.15, 0.2) is 0 Å². The first-order chi connectivity index (χ1) is 8.10. The van der Waals surface area contributed by atoms with Gasteiger partial charge in [0.05, 0.1) is 12.3 Å². The normalized spacial score (nSPS) is 12.9. The zero-order valence-corrected chi connectivity index (χ0v) is 10.3. The molecule has 0 saturated heterocycles. The Kier molecular flexibility index (Phi) is 4.75. The van der Waals surface area contributed by atoms with Gasteiger partial charge in [0.2, 0.25) is 5.76 Å². The summed E-state index contributed by atoms with van der Waals surface area (Å²) >= 11 is 0. The monoisotopic (exact) mass is 239 g/mol. The second-order valence-corrected chi connectivity index (χ2v) is 3.68. The highest BCUT2D eigenvalue weighted by Gasteiger charge is 2.22. The number of rotatable bonds is 5. The van der Waals surface area contributed by atoms with Crippen molar-refractivity contribution in [3.05, 3.63) is 34.2 Å². The van der Waals surface area contributed by atoms with E-state index in [0.29, 0.717) is 5.69 Å². The zero-order valence-electron chi connectivity index (χ0n) is 10.3. The van der Waals surface area contributed by atoms with Crippen molar-refractivity contribution in [2.24, 2.45) is 0 Å². The van der Waals surface area contributed by atoms with Crippen LogP contribution in [-0.4, -0.2) is 17.6 Å². The van der Waals surface area contributed by atoms with Crippen LogP contribution >= 0.6 is 0 Å². The third-order valence-corrected chi connectivity index (χ3v) is 2.36. The lowest BCUT2D eigenvalue weighted by Gasteiger charge is -2.07. The minimum Gasteiger partial charge on any atom is -0.460 e. The van der Waals surface area contributed by atoms with E-state index in [4.69, 9.17) is 9.15 Å². The summed E-state index contributed by atoms with van der Waals surface area (Å²) in [6.07, 6.45) is 4.60. The third kappa shape index (κ3) is 3.34. The molecule has 17 heavy (non-hydrogen) atoms. The molecule has 0 spiro atoms. The molecule has 1 rings (SSSR count). The van der Waals surface area contributed by atoms with Crippen molar-refractivity contribution in [3.8, 4) is 0 Å². The maximum Gasteiger partial charge on any atom is 0.417 e. The highest BCUT2D eigenvalue weighted by Crippen LogP contribution is 2.21. The van der Waals surface area contributed by atoms with E-state index in [9.17, 15) is 9.59 Å². The lowest BCUT2D eigenvalue weighted by Crippen LogP contribution is -2.08. The summed E-state index contributed by atoms with van der Waals surface area (Å²) in [7, 11) is 0. The highest BCUT2D eigenvalue weighted by molar-refractivity contribution is 5.87. The quantitative estimate of drug-likeness (QED) is 0.631. The number of aromatic nitrogens is 1. The predicted octanol–water partition coefficient (Wildman–Crippen LogP) is 2.21. The van der Waals surface area contributed by atoms with E-state index >= 15 is 0 Å². The molecule has 0 aliphatic heterocycles. The molecule has 5 nitrogen and oxygen atoms in total. The molecule has 0 aliphatic carbocycles. The molecule has 5 heteroatoms. The number of H-pyrrole nitrogens is 1. The van der Waals surface area contributed by atoms with Gasteiger partial charge in [-0.3, -0.25) is 4.98 Å². The summed E-state index contributed by atoms with van der Waals surface area (Å²) in [5.74, 6) is -1.26. The van der Waals surface area contributed by atoms with Crippen LogP contribution in [0.25, 0.3) is 0 Å². The Morgan fingerprint density at radius 3 is 2.88 bits per heavy atom. The summed E-state index contributed by atoms with van der Waals surface area (Å²) in [6, 6.07) is 0. The van der Waals surface area contributed by atoms with Gasteiger partial charge in [-0.1, -0.05) is 19.1 Å². The van der Waals surface area contributed by atoms with Gasteiger partial charge < -0.3 is 9.15 Å². The predicted molar refractivity (Wildman–Crippen MR) is 63.1 cm³/mol. The molecule has 0 amide bonds. The van der Waals surface area contributed by atoms with E-state index in [-0.39, 0.29) is 18.3 Å². The molecule has 0 unspecified atom stereocenters. The average molecular weight is 239 g/mol. The van der Waals surface area contributed by atoms with Crippen molar-refractivity contribution in [1.29, 1.82) is 0 Å². The van der Waals surface area contributed by atoms with Crippen LogP contribution in [0, 0.1) is 0 Å². The van der Waals surface area contributed by atoms with Gasteiger partial charge in [0, 0.05) is 5.92 Å². The Morgan fingerprint density at radius 2 is 2.29 bits per heavy atom. The summed E-state index contributed by atoms with van der Waals surface area (Å²) in [5.41, 5.74) is 0.492. The van der Waals surface area contributed by atoms with Gasteiger partial charge in [-0.25, -0.2) is 9.59 Å². The van der Waals surface area contributed by atoms with Crippen LogP contribution in [0.2, 0.25) is 0 Å². The van der Waals surface area contributed by atoms with Crippen LogP contribution in [0.3, 0.4) is 0 Å². The van der Waals surface area contributed by atoms with Gasteiger partial charge in [0.1, 0.15) is 0 Å². The van der Waals surface area contributed by atoms with Crippen molar-refractivity contribution < 1.29 is 13.9 Å². The van der Waals surface area contributed by atoms with Crippen molar-refractivity contribution in [2.45, 2.75) is 33.1 Å². The van der Waals surface area contributed by atoms with Crippen LogP contribution in [0.15, 0.2) is 21.4 Å². The summed E-state index contributed by atoms with van der Waals surface area (Å²) in [5, 5.41) is 0. The molecule has 0 radical (unpaired) electrons. The number of aromatic amines is 1. The molecule has 0 fully saturated rings. The Labute approximate surface area is 99.5 Å². The van der Waals surface area contributed by atoms with Crippen molar-refractivity contribution in [1.82, 2.24) is 4.98 Å². The number of hydrogen-bond acceptors (Lipinski definition) is 4. The van der Waals surface area contributed by atoms with E-state index in [2.05, 4.69) is 4.98 Å². The van der Waals surface area contributed by atoms with Crippen molar-refractivity contribution >= 4 is 5.97 Å². The highest BCUT2D eigenvalue weighted by atomic mass is 16.5. The molecule has 1 heterocycles. The number of ether oxygens (including phenoxy) is 1. The maximum absolute atomic E-state index is 11.6. The molecule has 1 aromatic heterocycles. The van der Waals surface area contributed by atoms with E-state index in [0.717, 1.165) is 6.42 Å². The smallest absolute Gasteiger partial charge is 0.417 e. The molecule has 94 valence electrons. The number of oxazole rings is 1. The second kappa shape index (κ2) is 6.08. The lowest BCUT2D eigenvalue weighted by atomic mass is 10.0. The Morgan fingerprint density at radius 1 is 1.59 bits per heavy atom. The molecule has 0 aliphatic rings. The van der Waals surface area contributed by atoms with Crippen LogP contribution in [0.5, 0.6) is 0 Å². The Balaban J connectivity index is 2.98. The number of carbonyl (C=O) groups is 1. The molecule has 1 atom stereocenters. The summed E-state index contributed by atoms with van der Waals surface area (Å²) < 4.78 is 9.65. The number of esters is 1. The van der Waals surface area contributed by atoms with Gasteiger partial charge in [-0.15, -0.1) is 0 Å². The minimum atomic E-state index is -0.629. The van der Waals surface area contributed by atoms with Gasteiger partial charge in [-0.05, 0) is 20.3 Å². The first-order valence-electron chi connectivity index (χ1n) is 5.61. The third-order valence-electron chi connectivity index (χ3n) is 2.36. The molecule has 1 aromatic rings. The van der Waals surface area contributed by atoms with Crippen LogP contribution in [0.4, 0.5) is 0 Å². The standard InChI is InChI=1S/C12H17NO4/c1-4-6-7-8(3)9-10(11(14)16-5-2)17-12(15)13-9/h4,6,8H,5,7H2,1-3H3,(H,13,15)/t8-/m1/s1. The summed E-state index contributed by atoms with van der Waals surface area (Å²) in [6.45, 7) is 5.77. The Hall–Kier alpha value is -1.78. The SMILES string of the molecule is CC=CC[C@@H](C)c1[nH]c(=O)oc1C(=O)OCC. The fraction of sp³-hybridized carbons (Fsp3) is 0.500. The zero-order chi connectivity index (χ0) is 12.8. The number of carbonyl (C=O) groups excluding carboxylic acids is 1. The summed E-state index contributed by atoms with van der Waals surface area (Å²) in [4.78, 5) is 25.2. The van der Waals surface area contributed by atoms with E-state index in [1.165, 1.54) is 0 Å². The number of allylic oxidation sites excluding steroid dienone is 2. The number of hydrogen-bond donors (Lipinski definition) is 1. The van der Waals surface area contributed by atoms with Crippen LogP contribution < -0.4 is 5.76 Å². The largest absolute Gasteiger partial charge is 0.460 e. The topological polar surface area (TPSA) is 72.3 Å². The number of nitrogens with one attached hydrogen (secondary N) is 1. The van der Waals surface area contributed by atoms with E-state index in [1.54, 1.807) is 6.92 Å². The van der Waals surface area contributed by atoms with Crippen molar-refractivity contribution in [3.63, 3.8) is 0 Å². The molecule has 1 N–H and O–H groups in total. The molecule has 0 saturated carbocycles. The molecule has 0 bridgehead atoms. The first kappa shape index (κ1) is 13.3.